The van der Waals surface area contributed by atoms with Crippen molar-refractivity contribution in [1.29, 1.82) is 0 Å². The molecule has 3 aliphatic rings. The van der Waals surface area contributed by atoms with Gasteiger partial charge in [0.05, 0.1) is 6.10 Å². The summed E-state index contributed by atoms with van der Waals surface area (Å²) in [7, 11) is 0. The Morgan fingerprint density at radius 2 is 1.73 bits per heavy atom. The van der Waals surface area contributed by atoms with E-state index in [1.807, 2.05) is 0 Å². The average Bonchev–Trinajstić information content (AvgIpc) is 3.18. The molecule has 0 bridgehead atoms. The van der Waals surface area contributed by atoms with E-state index in [9.17, 15) is 0 Å². The molecule has 1 aliphatic heterocycles. The second-order valence-electron chi connectivity index (χ2n) is 5.57. The Balaban J connectivity index is 1.64. The average molecular weight is 200 g/mol. The van der Waals surface area contributed by atoms with Gasteiger partial charge in [-0.25, -0.2) is 0 Å². The molecule has 1 spiro atoms. The third kappa shape index (κ3) is 1.07. The van der Waals surface area contributed by atoms with Crippen LogP contribution in [0.4, 0.5) is 0 Å². The normalized spacial score (nSPS) is 39.9. The van der Waals surface area contributed by atoms with Gasteiger partial charge in [0.15, 0.2) is 0 Å². The number of hydrogen-bond donors (Lipinski definition) is 0. The van der Waals surface area contributed by atoms with Crippen LogP contribution in [0.1, 0.15) is 37.7 Å². The van der Waals surface area contributed by atoms with Gasteiger partial charge in [0.25, 0.3) is 0 Å². The lowest BCUT2D eigenvalue weighted by atomic mass is 9.77. The van der Waals surface area contributed by atoms with Crippen LogP contribution >= 0.6 is 0 Å². The zero-order valence-corrected chi connectivity index (χ0v) is 8.91. The Bertz CT molecular complexity index is 393. The van der Waals surface area contributed by atoms with Crippen LogP contribution in [0.25, 0.3) is 0 Å². The highest BCUT2D eigenvalue weighted by molar-refractivity contribution is 5.31. The van der Waals surface area contributed by atoms with Crippen molar-refractivity contribution in [2.24, 2.45) is 5.41 Å². The predicted octanol–water partition coefficient (Wildman–Crippen LogP) is 3.24. The highest BCUT2D eigenvalue weighted by Crippen LogP contribution is 2.67. The van der Waals surface area contributed by atoms with Gasteiger partial charge in [-0.2, -0.15) is 0 Å². The van der Waals surface area contributed by atoms with Crippen LogP contribution < -0.4 is 0 Å². The largest absolute Gasteiger partial charge is 0.361 e. The van der Waals surface area contributed by atoms with Crippen molar-refractivity contribution in [2.45, 2.75) is 43.8 Å². The first-order valence-corrected chi connectivity index (χ1v) is 6.07. The first kappa shape index (κ1) is 8.35. The van der Waals surface area contributed by atoms with Gasteiger partial charge in [-0.15, -0.1) is 0 Å². The molecule has 0 radical (unpaired) electrons. The Labute approximate surface area is 90.4 Å². The predicted molar refractivity (Wildman–Crippen MR) is 58.5 cm³/mol. The molecule has 1 heteroatoms. The molecule has 2 saturated carbocycles. The van der Waals surface area contributed by atoms with E-state index in [-0.39, 0.29) is 5.60 Å². The van der Waals surface area contributed by atoms with Crippen LogP contribution in [0.5, 0.6) is 0 Å². The molecule has 1 aromatic rings. The van der Waals surface area contributed by atoms with Crippen LogP contribution in [-0.2, 0) is 10.3 Å². The quantitative estimate of drug-likeness (QED) is 0.634. The second-order valence-corrected chi connectivity index (χ2v) is 5.57. The second kappa shape index (κ2) is 2.46. The van der Waals surface area contributed by atoms with Crippen LogP contribution in [0.2, 0.25) is 0 Å². The Morgan fingerprint density at radius 1 is 1.00 bits per heavy atom. The van der Waals surface area contributed by atoms with Crippen molar-refractivity contribution in [3.63, 3.8) is 0 Å². The number of benzene rings is 1. The monoisotopic (exact) mass is 200 g/mol. The van der Waals surface area contributed by atoms with E-state index in [2.05, 4.69) is 30.3 Å². The number of hydrogen-bond acceptors (Lipinski definition) is 1. The lowest BCUT2D eigenvalue weighted by molar-refractivity contribution is 0.281. The summed E-state index contributed by atoms with van der Waals surface area (Å²) in [5.74, 6) is 0. The fourth-order valence-corrected chi connectivity index (χ4v) is 3.34. The molecule has 0 N–H and O–H groups in total. The fourth-order valence-electron chi connectivity index (χ4n) is 3.34. The first-order chi connectivity index (χ1) is 7.33. The molecule has 0 amide bonds. The maximum absolute atomic E-state index is 6.03. The Kier molecular flexibility index (Phi) is 1.37. The minimum absolute atomic E-state index is 0.134. The van der Waals surface area contributed by atoms with Crippen molar-refractivity contribution in [3.05, 3.63) is 35.9 Å². The molecule has 2 atom stereocenters. The van der Waals surface area contributed by atoms with Gasteiger partial charge >= 0.3 is 0 Å². The molecular weight excluding hydrogens is 184 g/mol. The zero-order chi connectivity index (χ0) is 9.93. The molecule has 0 aromatic heterocycles. The van der Waals surface area contributed by atoms with Crippen molar-refractivity contribution in [2.75, 3.05) is 0 Å². The van der Waals surface area contributed by atoms with E-state index in [1.165, 1.54) is 37.7 Å². The molecule has 78 valence electrons. The summed E-state index contributed by atoms with van der Waals surface area (Å²) >= 11 is 0. The SMILES string of the molecule is c1ccc([C@]23CCC4(CC4)C[C@@H]2O3)cc1. The first-order valence-electron chi connectivity index (χ1n) is 6.07. The summed E-state index contributed by atoms with van der Waals surface area (Å²) in [6.45, 7) is 0. The molecular formula is C14H16O. The van der Waals surface area contributed by atoms with Gasteiger partial charge < -0.3 is 4.74 Å². The number of fused-ring (bicyclic) bond motifs is 1. The molecule has 3 fully saturated rings. The fraction of sp³-hybridized carbons (Fsp3) is 0.571. The molecule has 4 rings (SSSR count). The van der Waals surface area contributed by atoms with E-state index < -0.39 is 0 Å². The summed E-state index contributed by atoms with van der Waals surface area (Å²) in [6, 6.07) is 10.8. The summed E-state index contributed by atoms with van der Waals surface area (Å²) in [4.78, 5) is 0. The topological polar surface area (TPSA) is 12.5 Å². The maximum Gasteiger partial charge on any atom is 0.120 e. The van der Waals surface area contributed by atoms with Crippen LogP contribution in [0.15, 0.2) is 30.3 Å². The van der Waals surface area contributed by atoms with Gasteiger partial charge in [0.1, 0.15) is 5.60 Å². The molecule has 1 aromatic carbocycles. The van der Waals surface area contributed by atoms with Gasteiger partial charge in [-0.05, 0) is 43.1 Å². The van der Waals surface area contributed by atoms with Crippen LogP contribution in [-0.4, -0.2) is 6.10 Å². The van der Waals surface area contributed by atoms with Crippen molar-refractivity contribution >= 4 is 0 Å². The van der Waals surface area contributed by atoms with Gasteiger partial charge in [-0.1, -0.05) is 30.3 Å². The van der Waals surface area contributed by atoms with Gasteiger partial charge in [0.2, 0.25) is 0 Å². The lowest BCUT2D eigenvalue weighted by Crippen LogP contribution is -2.23. The summed E-state index contributed by atoms with van der Waals surface area (Å²) in [5, 5.41) is 0. The third-order valence-corrected chi connectivity index (χ3v) is 4.68. The van der Waals surface area contributed by atoms with E-state index in [0.29, 0.717) is 6.10 Å². The van der Waals surface area contributed by atoms with Crippen molar-refractivity contribution < 1.29 is 4.74 Å². The maximum atomic E-state index is 6.03. The molecule has 1 nitrogen and oxygen atoms in total. The molecule has 15 heavy (non-hydrogen) atoms. The summed E-state index contributed by atoms with van der Waals surface area (Å²) in [5.41, 5.74) is 2.26. The van der Waals surface area contributed by atoms with Gasteiger partial charge in [0, 0.05) is 0 Å². The van der Waals surface area contributed by atoms with Crippen molar-refractivity contribution in [1.82, 2.24) is 0 Å². The third-order valence-electron chi connectivity index (χ3n) is 4.68. The minimum Gasteiger partial charge on any atom is -0.361 e. The minimum atomic E-state index is 0.134. The van der Waals surface area contributed by atoms with E-state index in [4.69, 9.17) is 4.74 Å². The summed E-state index contributed by atoms with van der Waals surface area (Å²) < 4.78 is 6.03. The molecule has 0 unspecified atom stereocenters. The van der Waals surface area contributed by atoms with Crippen LogP contribution in [0, 0.1) is 5.41 Å². The molecule has 1 heterocycles. The number of epoxide rings is 1. The smallest absolute Gasteiger partial charge is 0.120 e. The highest BCUT2D eigenvalue weighted by atomic mass is 16.6. The van der Waals surface area contributed by atoms with E-state index in [1.54, 1.807) is 0 Å². The molecule has 2 aliphatic carbocycles. The number of rotatable bonds is 1. The highest BCUT2D eigenvalue weighted by Gasteiger charge is 2.65. The standard InChI is InChI=1S/C14H16O/c1-2-4-11(5-3-1)14-9-8-13(6-7-13)10-12(14)15-14/h1-5,12H,6-10H2/t12-,14+/m0/s1. The number of ether oxygens (including phenoxy) is 1. The Hall–Kier alpha value is -0.820. The van der Waals surface area contributed by atoms with E-state index in [0.717, 1.165) is 5.41 Å². The van der Waals surface area contributed by atoms with E-state index >= 15 is 0 Å². The molecule has 1 saturated heterocycles. The van der Waals surface area contributed by atoms with Crippen molar-refractivity contribution in [3.8, 4) is 0 Å². The lowest BCUT2D eigenvalue weighted by Gasteiger charge is -2.24. The Morgan fingerprint density at radius 3 is 2.40 bits per heavy atom. The van der Waals surface area contributed by atoms with Gasteiger partial charge in [-0.3, -0.25) is 0 Å². The van der Waals surface area contributed by atoms with Crippen LogP contribution in [0.3, 0.4) is 0 Å². The summed E-state index contributed by atoms with van der Waals surface area (Å²) in [6.07, 6.45) is 7.41. The zero-order valence-electron chi connectivity index (χ0n) is 8.91.